The molecule has 3 rings (SSSR count). The monoisotopic (exact) mass is 433 g/mol. The lowest BCUT2D eigenvalue weighted by Gasteiger charge is -2.31. The Labute approximate surface area is 190 Å². The van der Waals surface area contributed by atoms with Gasteiger partial charge in [-0.2, -0.15) is 0 Å². The van der Waals surface area contributed by atoms with Crippen LogP contribution in [0.1, 0.15) is 124 Å². The van der Waals surface area contributed by atoms with Crippen molar-refractivity contribution in [3.8, 4) is 0 Å². The number of nitrogens with one attached hydrogen (secondary N) is 1. The van der Waals surface area contributed by atoms with Gasteiger partial charge >= 0.3 is 5.97 Å². The molecule has 4 nitrogen and oxygen atoms in total. The van der Waals surface area contributed by atoms with E-state index in [-0.39, 0.29) is 11.9 Å². The summed E-state index contributed by atoms with van der Waals surface area (Å²) in [5.41, 5.74) is -0.408. The van der Waals surface area contributed by atoms with Crippen LogP contribution in [0, 0.1) is 23.7 Å². The molecule has 1 N–H and O–H groups in total. The van der Waals surface area contributed by atoms with Crippen LogP contribution < -0.4 is 5.32 Å². The van der Waals surface area contributed by atoms with Crippen molar-refractivity contribution in [3.63, 3.8) is 0 Å². The van der Waals surface area contributed by atoms with E-state index in [0.717, 1.165) is 50.4 Å². The number of carbonyl (C=O) groups is 2. The van der Waals surface area contributed by atoms with Crippen molar-refractivity contribution in [1.82, 2.24) is 5.32 Å². The Morgan fingerprint density at radius 1 is 0.806 bits per heavy atom. The number of esters is 1. The van der Waals surface area contributed by atoms with E-state index in [1.807, 2.05) is 20.8 Å². The van der Waals surface area contributed by atoms with Gasteiger partial charge in [0, 0.05) is 18.4 Å². The lowest BCUT2D eigenvalue weighted by atomic mass is 9.76. The molecule has 3 saturated carbocycles. The Hall–Kier alpha value is -1.06. The molecule has 0 aromatic rings. The predicted octanol–water partition coefficient (Wildman–Crippen LogP) is 6.56. The number of amides is 1. The fraction of sp³-hybridized carbons (Fsp3) is 0.926. The third-order valence-electron chi connectivity index (χ3n) is 8.01. The summed E-state index contributed by atoms with van der Waals surface area (Å²) in [6.07, 6.45) is 18.9. The molecule has 0 radical (unpaired) electrons. The second kappa shape index (κ2) is 11.7. The van der Waals surface area contributed by atoms with Crippen LogP contribution in [-0.2, 0) is 14.3 Å². The van der Waals surface area contributed by atoms with Gasteiger partial charge in [0.15, 0.2) is 0 Å². The van der Waals surface area contributed by atoms with Crippen LogP contribution in [-0.4, -0.2) is 23.5 Å². The van der Waals surface area contributed by atoms with Gasteiger partial charge in [-0.25, -0.2) is 0 Å². The summed E-state index contributed by atoms with van der Waals surface area (Å²) in [7, 11) is 0. The van der Waals surface area contributed by atoms with Gasteiger partial charge in [0.1, 0.15) is 5.60 Å². The number of hydrogen-bond donors (Lipinski definition) is 1. The second-order valence-corrected chi connectivity index (χ2v) is 11.7. The minimum atomic E-state index is -0.408. The first-order chi connectivity index (χ1) is 14.8. The van der Waals surface area contributed by atoms with Crippen LogP contribution in [0.25, 0.3) is 0 Å². The summed E-state index contributed by atoms with van der Waals surface area (Å²) < 4.78 is 5.46. The Morgan fingerprint density at radius 3 is 2.23 bits per heavy atom. The highest BCUT2D eigenvalue weighted by Gasteiger charge is 2.31. The lowest BCUT2D eigenvalue weighted by molar-refractivity contribution is -0.155. The van der Waals surface area contributed by atoms with Gasteiger partial charge < -0.3 is 10.1 Å². The van der Waals surface area contributed by atoms with E-state index in [1.165, 1.54) is 57.8 Å². The molecule has 4 unspecified atom stereocenters. The number of rotatable bonds is 6. The summed E-state index contributed by atoms with van der Waals surface area (Å²) >= 11 is 0. The summed E-state index contributed by atoms with van der Waals surface area (Å²) in [6.45, 7) is 5.76. The molecule has 178 valence electrons. The third-order valence-corrected chi connectivity index (χ3v) is 8.01. The highest BCUT2D eigenvalue weighted by molar-refractivity contribution is 5.79. The SMILES string of the molecule is CC(C)(C)OC(=O)CCC1CCCC(NC(=O)C2CCCC(C3CCCCC3)CC2)C1. The van der Waals surface area contributed by atoms with Crippen molar-refractivity contribution in [1.29, 1.82) is 0 Å². The zero-order valence-electron chi connectivity index (χ0n) is 20.4. The molecule has 0 spiro atoms. The molecule has 4 heteroatoms. The van der Waals surface area contributed by atoms with Crippen LogP contribution in [0.5, 0.6) is 0 Å². The molecular formula is C27H47NO3. The maximum atomic E-state index is 13.0. The van der Waals surface area contributed by atoms with Crippen molar-refractivity contribution in [2.45, 2.75) is 135 Å². The molecule has 0 saturated heterocycles. The van der Waals surface area contributed by atoms with E-state index >= 15 is 0 Å². The molecule has 4 atom stereocenters. The number of carbonyl (C=O) groups excluding carboxylic acids is 2. The molecule has 0 bridgehead atoms. The maximum Gasteiger partial charge on any atom is 0.306 e. The van der Waals surface area contributed by atoms with E-state index in [4.69, 9.17) is 4.74 Å². The Morgan fingerprint density at radius 2 is 1.48 bits per heavy atom. The molecule has 0 aliphatic heterocycles. The average molecular weight is 434 g/mol. The fourth-order valence-electron chi connectivity index (χ4n) is 6.39. The van der Waals surface area contributed by atoms with E-state index in [9.17, 15) is 9.59 Å². The molecule has 0 aromatic carbocycles. The first kappa shape index (κ1) is 24.6. The molecule has 0 heterocycles. The minimum Gasteiger partial charge on any atom is -0.460 e. The summed E-state index contributed by atoms with van der Waals surface area (Å²) in [5, 5.41) is 3.41. The average Bonchev–Trinajstić information content (AvgIpc) is 2.98. The Balaban J connectivity index is 1.39. The van der Waals surface area contributed by atoms with Crippen LogP contribution in [0.15, 0.2) is 0 Å². The normalized spacial score (nSPS) is 30.9. The largest absolute Gasteiger partial charge is 0.460 e. The molecular weight excluding hydrogens is 386 g/mol. The first-order valence-corrected chi connectivity index (χ1v) is 13.3. The van der Waals surface area contributed by atoms with Crippen LogP contribution in [0.4, 0.5) is 0 Å². The summed E-state index contributed by atoms with van der Waals surface area (Å²) in [4.78, 5) is 25.1. The molecule has 1 amide bonds. The second-order valence-electron chi connectivity index (χ2n) is 11.7. The smallest absolute Gasteiger partial charge is 0.306 e. The van der Waals surface area contributed by atoms with Gasteiger partial charge in [0.05, 0.1) is 0 Å². The minimum absolute atomic E-state index is 0.0929. The van der Waals surface area contributed by atoms with Crippen LogP contribution in [0.2, 0.25) is 0 Å². The van der Waals surface area contributed by atoms with Gasteiger partial charge in [-0.3, -0.25) is 9.59 Å². The summed E-state index contributed by atoms with van der Waals surface area (Å²) in [6, 6.07) is 0.294. The third kappa shape index (κ3) is 8.42. The number of ether oxygens (including phenoxy) is 1. The van der Waals surface area contributed by atoms with Crippen molar-refractivity contribution in [2.75, 3.05) is 0 Å². The van der Waals surface area contributed by atoms with Crippen molar-refractivity contribution >= 4 is 11.9 Å². The van der Waals surface area contributed by atoms with Gasteiger partial charge in [-0.15, -0.1) is 0 Å². The van der Waals surface area contributed by atoms with E-state index in [1.54, 1.807) is 0 Å². The van der Waals surface area contributed by atoms with E-state index in [0.29, 0.717) is 24.3 Å². The summed E-state index contributed by atoms with van der Waals surface area (Å²) in [5.74, 6) is 2.75. The van der Waals surface area contributed by atoms with Gasteiger partial charge in [-0.05, 0) is 77.0 Å². The standard InChI is InChI=1S/C27H47NO3/c1-27(2,3)31-25(29)18-15-20-9-7-14-24(19-20)28-26(30)23-13-8-12-22(16-17-23)21-10-5-4-6-11-21/h20-24H,4-19H2,1-3H3,(H,28,30). The zero-order chi connectivity index (χ0) is 22.3. The number of hydrogen-bond acceptors (Lipinski definition) is 3. The van der Waals surface area contributed by atoms with Crippen molar-refractivity contribution in [2.24, 2.45) is 23.7 Å². The molecule has 3 fully saturated rings. The van der Waals surface area contributed by atoms with E-state index in [2.05, 4.69) is 5.32 Å². The van der Waals surface area contributed by atoms with Gasteiger partial charge in [0.2, 0.25) is 5.91 Å². The highest BCUT2D eigenvalue weighted by atomic mass is 16.6. The predicted molar refractivity (Wildman–Crippen MR) is 126 cm³/mol. The fourth-order valence-corrected chi connectivity index (χ4v) is 6.39. The zero-order valence-corrected chi connectivity index (χ0v) is 20.4. The highest BCUT2D eigenvalue weighted by Crippen LogP contribution is 2.39. The Bertz CT molecular complexity index is 576. The Kier molecular flexibility index (Phi) is 9.28. The first-order valence-electron chi connectivity index (χ1n) is 13.3. The van der Waals surface area contributed by atoms with Crippen molar-refractivity contribution < 1.29 is 14.3 Å². The van der Waals surface area contributed by atoms with E-state index < -0.39 is 5.60 Å². The molecule has 3 aliphatic carbocycles. The molecule has 31 heavy (non-hydrogen) atoms. The molecule has 3 aliphatic rings. The quantitative estimate of drug-likeness (QED) is 0.381. The van der Waals surface area contributed by atoms with Gasteiger partial charge in [-0.1, -0.05) is 57.8 Å². The van der Waals surface area contributed by atoms with Gasteiger partial charge in [0.25, 0.3) is 0 Å². The van der Waals surface area contributed by atoms with Crippen LogP contribution >= 0.6 is 0 Å². The van der Waals surface area contributed by atoms with Crippen molar-refractivity contribution in [3.05, 3.63) is 0 Å². The van der Waals surface area contributed by atoms with Crippen LogP contribution in [0.3, 0.4) is 0 Å². The topological polar surface area (TPSA) is 55.4 Å². The lowest BCUT2D eigenvalue weighted by Crippen LogP contribution is -2.41. The molecule has 0 aromatic heterocycles. The maximum absolute atomic E-state index is 13.0.